The van der Waals surface area contributed by atoms with Gasteiger partial charge >= 0.3 is 0 Å². The molecule has 2 rings (SSSR count). The van der Waals surface area contributed by atoms with E-state index >= 15 is 0 Å². The molecule has 15 heavy (non-hydrogen) atoms. The highest BCUT2D eigenvalue weighted by Crippen LogP contribution is 2.23. The van der Waals surface area contributed by atoms with Gasteiger partial charge in [-0.1, -0.05) is 12.1 Å². The first-order valence-corrected chi connectivity index (χ1v) is 5.03. The summed E-state index contributed by atoms with van der Waals surface area (Å²) in [6.07, 6.45) is 1.41. The van der Waals surface area contributed by atoms with Crippen molar-refractivity contribution in [3.63, 3.8) is 0 Å². The van der Waals surface area contributed by atoms with E-state index in [9.17, 15) is 8.78 Å². The van der Waals surface area contributed by atoms with Crippen LogP contribution in [0.2, 0.25) is 0 Å². The van der Waals surface area contributed by atoms with Gasteiger partial charge in [0, 0.05) is 17.8 Å². The lowest BCUT2D eigenvalue weighted by molar-refractivity contribution is 0.624. The Morgan fingerprint density at radius 3 is 2.33 bits per heavy atom. The van der Waals surface area contributed by atoms with E-state index in [0.29, 0.717) is 15.7 Å². The molecule has 1 nitrogen and oxygen atoms in total. The molecule has 76 valence electrons. The molecule has 0 atom stereocenters. The van der Waals surface area contributed by atoms with Crippen LogP contribution in [0.15, 0.2) is 41.1 Å². The summed E-state index contributed by atoms with van der Waals surface area (Å²) < 4.78 is 26.6. The smallest absolute Gasteiger partial charge is 0.135 e. The minimum absolute atomic E-state index is 0.343. The van der Waals surface area contributed by atoms with E-state index in [1.165, 1.54) is 36.5 Å². The number of rotatable bonds is 1. The Hall–Kier alpha value is -1.29. The lowest BCUT2D eigenvalue weighted by Gasteiger charge is -2.02. The van der Waals surface area contributed by atoms with E-state index in [-0.39, 0.29) is 11.6 Å². The predicted octanol–water partition coefficient (Wildman–Crippen LogP) is 3.79. The van der Waals surface area contributed by atoms with Gasteiger partial charge in [0.05, 0.1) is 0 Å². The van der Waals surface area contributed by atoms with Crippen LogP contribution in [-0.4, -0.2) is 4.98 Å². The molecule has 1 heterocycles. The van der Waals surface area contributed by atoms with Gasteiger partial charge in [0.15, 0.2) is 0 Å². The Morgan fingerprint density at radius 1 is 1.07 bits per heavy atom. The van der Waals surface area contributed by atoms with Gasteiger partial charge in [-0.2, -0.15) is 0 Å². The number of pyridine rings is 1. The quantitative estimate of drug-likeness (QED) is 0.718. The first-order chi connectivity index (χ1) is 7.16. The molecule has 0 saturated heterocycles. The third-order valence-corrected chi connectivity index (χ3v) is 2.41. The lowest BCUT2D eigenvalue weighted by Crippen LogP contribution is -1.87. The maximum atomic E-state index is 13.5. The van der Waals surface area contributed by atoms with Crippen LogP contribution in [-0.2, 0) is 0 Å². The monoisotopic (exact) mass is 269 g/mol. The number of halogens is 3. The van der Waals surface area contributed by atoms with Gasteiger partial charge in [0.25, 0.3) is 0 Å². The summed E-state index contributed by atoms with van der Waals surface area (Å²) in [6, 6.07) is 6.89. The topological polar surface area (TPSA) is 12.9 Å². The first-order valence-electron chi connectivity index (χ1n) is 4.24. The van der Waals surface area contributed by atoms with Crippen molar-refractivity contribution in [2.75, 3.05) is 0 Å². The van der Waals surface area contributed by atoms with Gasteiger partial charge in [-0.15, -0.1) is 0 Å². The Morgan fingerprint density at radius 2 is 1.73 bits per heavy atom. The highest BCUT2D eigenvalue weighted by atomic mass is 79.9. The maximum absolute atomic E-state index is 13.5. The molecule has 1 aromatic carbocycles. The molecule has 2 aromatic rings. The largest absolute Gasteiger partial charge is 0.249 e. The predicted molar refractivity (Wildman–Crippen MR) is 57.3 cm³/mol. The normalized spacial score (nSPS) is 10.3. The summed E-state index contributed by atoms with van der Waals surface area (Å²) in [6.45, 7) is 0. The minimum atomic E-state index is -0.386. The molecule has 0 radical (unpaired) electrons. The van der Waals surface area contributed by atoms with E-state index in [4.69, 9.17) is 0 Å². The summed E-state index contributed by atoms with van der Waals surface area (Å²) in [5.41, 5.74) is 0.965. The van der Waals surface area contributed by atoms with Gasteiger partial charge in [0.2, 0.25) is 0 Å². The van der Waals surface area contributed by atoms with Crippen molar-refractivity contribution in [1.29, 1.82) is 0 Å². The van der Waals surface area contributed by atoms with Crippen LogP contribution in [0.3, 0.4) is 0 Å². The van der Waals surface area contributed by atoms with Crippen molar-refractivity contribution < 1.29 is 8.78 Å². The molecule has 4 heteroatoms. The summed E-state index contributed by atoms with van der Waals surface area (Å²) in [5, 5.41) is 0. The van der Waals surface area contributed by atoms with Crippen LogP contribution in [0.4, 0.5) is 8.78 Å². The molecule has 0 aliphatic carbocycles. The third-order valence-electron chi connectivity index (χ3n) is 1.98. The van der Waals surface area contributed by atoms with Crippen LogP contribution in [0.1, 0.15) is 0 Å². The lowest BCUT2D eigenvalue weighted by atomic mass is 10.1. The Bertz CT molecular complexity index is 482. The van der Waals surface area contributed by atoms with Gasteiger partial charge in [-0.3, -0.25) is 0 Å². The van der Waals surface area contributed by atoms with Crippen molar-refractivity contribution in [3.8, 4) is 11.1 Å². The molecular weight excluding hydrogens is 264 g/mol. The summed E-state index contributed by atoms with van der Waals surface area (Å²) in [7, 11) is 0. The molecule has 0 saturated carbocycles. The Balaban J connectivity index is 2.49. The highest BCUT2D eigenvalue weighted by Gasteiger charge is 2.06. The fourth-order valence-corrected chi connectivity index (χ4v) is 1.55. The summed E-state index contributed by atoms with van der Waals surface area (Å²) >= 11 is 3.07. The van der Waals surface area contributed by atoms with Crippen molar-refractivity contribution in [2.45, 2.75) is 0 Å². The average Bonchev–Trinajstić information content (AvgIpc) is 2.20. The summed E-state index contributed by atoms with van der Waals surface area (Å²) in [5.74, 6) is -0.729. The zero-order valence-corrected chi connectivity index (χ0v) is 9.13. The average molecular weight is 270 g/mol. The van der Waals surface area contributed by atoms with Crippen molar-refractivity contribution in [3.05, 3.63) is 52.8 Å². The van der Waals surface area contributed by atoms with E-state index in [2.05, 4.69) is 20.9 Å². The van der Waals surface area contributed by atoms with Gasteiger partial charge in [-0.05, 0) is 33.6 Å². The number of hydrogen-bond donors (Lipinski definition) is 0. The molecule has 0 bridgehead atoms. The minimum Gasteiger partial charge on any atom is -0.249 e. The molecular formula is C11H6BrF2N. The van der Waals surface area contributed by atoms with Crippen molar-refractivity contribution in [2.24, 2.45) is 0 Å². The van der Waals surface area contributed by atoms with Gasteiger partial charge in [0.1, 0.15) is 16.2 Å². The van der Waals surface area contributed by atoms with Crippen LogP contribution in [0.5, 0.6) is 0 Å². The molecule has 0 spiro atoms. The fraction of sp³-hybridized carbons (Fsp3) is 0. The standard InChI is InChI=1S/C11H6BrF2N/c12-11-5-10(14)9(6-15-11)7-1-3-8(13)4-2-7/h1-6H. The van der Waals surface area contributed by atoms with Crippen LogP contribution >= 0.6 is 15.9 Å². The van der Waals surface area contributed by atoms with Gasteiger partial charge in [-0.25, -0.2) is 13.8 Å². The van der Waals surface area contributed by atoms with E-state index in [1.807, 2.05) is 0 Å². The van der Waals surface area contributed by atoms with E-state index < -0.39 is 0 Å². The van der Waals surface area contributed by atoms with E-state index in [0.717, 1.165) is 0 Å². The molecule has 0 aliphatic heterocycles. The second kappa shape index (κ2) is 4.06. The molecule has 0 N–H and O–H groups in total. The molecule has 1 aromatic heterocycles. The molecule has 0 aliphatic rings. The fourth-order valence-electron chi connectivity index (χ4n) is 1.25. The molecule has 0 unspecified atom stereocenters. The highest BCUT2D eigenvalue weighted by molar-refractivity contribution is 9.10. The first kappa shape index (κ1) is 10.2. The van der Waals surface area contributed by atoms with Crippen LogP contribution < -0.4 is 0 Å². The Labute approximate surface area is 93.9 Å². The number of nitrogens with zero attached hydrogens (tertiary/aromatic N) is 1. The summed E-state index contributed by atoms with van der Waals surface area (Å²) in [4.78, 5) is 3.92. The number of hydrogen-bond acceptors (Lipinski definition) is 1. The number of benzene rings is 1. The maximum Gasteiger partial charge on any atom is 0.135 e. The van der Waals surface area contributed by atoms with Gasteiger partial charge < -0.3 is 0 Å². The molecule has 0 fully saturated rings. The second-order valence-corrected chi connectivity index (χ2v) is 3.81. The van der Waals surface area contributed by atoms with E-state index in [1.54, 1.807) is 0 Å². The Kier molecular flexibility index (Phi) is 2.77. The second-order valence-electron chi connectivity index (χ2n) is 2.99. The van der Waals surface area contributed by atoms with Crippen molar-refractivity contribution in [1.82, 2.24) is 4.98 Å². The zero-order chi connectivity index (χ0) is 10.8. The van der Waals surface area contributed by atoms with Crippen LogP contribution in [0.25, 0.3) is 11.1 Å². The van der Waals surface area contributed by atoms with Crippen molar-refractivity contribution >= 4 is 15.9 Å². The zero-order valence-electron chi connectivity index (χ0n) is 7.55. The molecule has 0 amide bonds. The SMILES string of the molecule is Fc1ccc(-c2cnc(Br)cc2F)cc1. The van der Waals surface area contributed by atoms with Crippen LogP contribution in [0, 0.1) is 11.6 Å². The third kappa shape index (κ3) is 2.21. The number of aromatic nitrogens is 1.